The van der Waals surface area contributed by atoms with Crippen molar-refractivity contribution in [1.29, 1.82) is 0 Å². The van der Waals surface area contributed by atoms with Gasteiger partial charge in [-0.05, 0) is 72.1 Å². The molecule has 0 unspecified atom stereocenters. The van der Waals surface area contributed by atoms with Crippen LogP contribution in [0.15, 0.2) is 77.7 Å². The van der Waals surface area contributed by atoms with E-state index in [2.05, 4.69) is 14.8 Å². The van der Waals surface area contributed by atoms with Crippen molar-refractivity contribution in [3.05, 3.63) is 83.9 Å². The van der Waals surface area contributed by atoms with Gasteiger partial charge in [0.25, 0.3) is 5.91 Å². The number of anilines is 1. The van der Waals surface area contributed by atoms with E-state index in [-0.39, 0.29) is 72.9 Å². The standard InChI is InChI=1S/C36H42F5N3O8S.ClH/c1-4-53(47,48)30-15-7-23(8-16-30)31(17-18-49-34(46)32(42)22(2)3)43-33(45)24-5-9-25(10-6-24)44-20-29(19-26(44)21-50-35(37)38)51-27-11-13-28(14-12-27)52-36(39,40)41;/h5-16,22,26,29,31-32,35H,4,17-21,42H2,1-3H3,(H,43,45);1H/t26-,29-,31-,32-;/m0./s1. The third kappa shape index (κ3) is 12.7. The first-order valence-electron chi connectivity index (χ1n) is 16.8. The van der Waals surface area contributed by atoms with Crippen molar-refractivity contribution in [2.24, 2.45) is 11.7 Å². The molecule has 0 saturated carbocycles. The molecule has 0 aromatic heterocycles. The van der Waals surface area contributed by atoms with E-state index in [1.54, 1.807) is 55.1 Å². The predicted molar refractivity (Wildman–Crippen MR) is 192 cm³/mol. The average Bonchev–Trinajstić information content (AvgIpc) is 3.52. The summed E-state index contributed by atoms with van der Waals surface area (Å²) >= 11 is 0. The molecule has 1 heterocycles. The van der Waals surface area contributed by atoms with E-state index in [9.17, 15) is 40.0 Å². The number of carbonyl (C=O) groups excluding carboxylic acids is 2. The minimum absolute atomic E-state index is 0. The molecule has 3 N–H and O–H groups in total. The summed E-state index contributed by atoms with van der Waals surface area (Å²) in [5.41, 5.74) is 7.28. The molecule has 4 atom stereocenters. The van der Waals surface area contributed by atoms with E-state index in [4.69, 9.17) is 15.2 Å². The van der Waals surface area contributed by atoms with Gasteiger partial charge >= 0.3 is 18.9 Å². The van der Waals surface area contributed by atoms with Gasteiger partial charge in [-0.3, -0.25) is 9.59 Å². The zero-order valence-electron chi connectivity index (χ0n) is 29.6. The topological polar surface area (TPSA) is 146 Å². The summed E-state index contributed by atoms with van der Waals surface area (Å²) in [7, 11) is -3.47. The van der Waals surface area contributed by atoms with E-state index in [1.165, 1.54) is 31.2 Å². The molecule has 1 saturated heterocycles. The molecule has 54 heavy (non-hydrogen) atoms. The molecule has 3 aromatic rings. The number of hydrogen-bond acceptors (Lipinski definition) is 10. The number of alkyl halides is 5. The molecule has 1 aliphatic rings. The van der Waals surface area contributed by atoms with Gasteiger partial charge in [0.05, 0.1) is 42.5 Å². The fraction of sp³-hybridized carbons (Fsp3) is 0.444. The van der Waals surface area contributed by atoms with Gasteiger partial charge in [-0.15, -0.1) is 25.6 Å². The Labute approximate surface area is 316 Å². The minimum atomic E-state index is -4.85. The summed E-state index contributed by atoms with van der Waals surface area (Å²) in [5.74, 6) is -1.49. The molecule has 1 fully saturated rings. The Hall–Kier alpha value is -4.19. The second-order valence-electron chi connectivity index (χ2n) is 12.7. The summed E-state index contributed by atoms with van der Waals surface area (Å²) in [4.78, 5) is 27.7. The number of halogens is 6. The average molecular weight is 808 g/mol. The van der Waals surface area contributed by atoms with Crippen molar-refractivity contribution in [2.75, 3.05) is 30.4 Å². The molecule has 0 bridgehead atoms. The van der Waals surface area contributed by atoms with E-state index >= 15 is 0 Å². The number of sulfone groups is 1. The molecule has 0 radical (unpaired) electrons. The number of nitrogens with two attached hydrogens (primary N) is 1. The first-order chi connectivity index (χ1) is 25.0. The van der Waals surface area contributed by atoms with E-state index < -0.39 is 64.7 Å². The number of rotatable bonds is 17. The fourth-order valence-corrected chi connectivity index (χ4v) is 6.50. The quantitative estimate of drug-likeness (QED) is 0.115. The van der Waals surface area contributed by atoms with Crippen molar-refractivity contribution in [1.82, 2.24) is 5.32 Å². The van der Waals surface area contributed by atoms with Crippen molar-refractivity contribution < 1.29 is 58.9 Å². The van der Waals surface area contributed by atoms with Gasteiger partial charge in [-0.2, -0.15) is 8.78 Å². The third-order valence-electron chi connectivity index (χ3n) is 8.58. The van der Waals surface area contributed by atoms with Crippen LogP contribution in [0.3, 0.4) is 0 Å². The van der Waals surface area contributed by atoms with E-state index in [0.29, 0.717) is 11.3 Å². The number of nitrogens with zero attached hydrogens (tertiary/aromatic N) is 1. The zero-order chi connectivity index (χ0) is 38.9. The van der Waals surface area contributed by atoms with Crippen molar-refractivity contribution >= 4 is 39.8 Å². The van der Waals surface area contributed by atoms with Gasteiger partial charge in [-0.25, -0.2) is 8.42 Å². The SMILES string of the molecule is CCS(=O)(=O)c1ccc([C@H](CCOC(=O)[C@@H](N)C(C)C)NC(=O)c2ccc(N3C[C@@H](Oc4ccc(OC(F)(F)F)cc4)C[C@H]3COC(F)F)cc2)cc1.Cl. The fourth-order valence-electron chi connectivity index (χ4n) is 5.62. The lowest BCUT2D eigenvalue weighted by Gasteiger charge is -2.26. The van der Waals surface area contributed by atoms with Crippen molar-refractivity contribution in [3.8, 4) is 11.5 Å². The van der Waals surface area contributed by atoms with Gasteiger partial charge in [0.2, 0.25) is 0 Å². The van der Waals surface area contributed by atoms with Crippen LogP contribution in [0, 0.1) is 5.92 Å². The van der Waals surface area contributed by atoms with Crippen LogP contribution >= 0.6 is 12.4 Å². The van der Waals surface area contributed by atoms with E-state index in [0.717, 1.165) is 12.1 Å². The molecule has 1 amide bonds. The maximum absolute atomic E-state index is 13.5. The zero-order valence-corrected chi connectivity index (χ0v) is 31.3. The van der Waals surface area contributed by atoms with Crippen LogP contribution in [-0.2, 0) is 24.1 Å². The largest absolute Gasteiger partial charge is 0.573 e. The Balaban J connectivity index is 0.00000784. The molecule has 0 aliphatic carbocycles. The Morgan fingerprint density at radius 1 is 0.963 bits per heavy atom. The van der Waals surface area contributed by atoms with Gasteiger partial charge in [-0.1, -0.05) is 32.9 Å². The highest BCUT2D eigenvalue weighted by Gasteiger charge is 2.35. The Bertz CT molecular complexity index is 1770. The highest BCUT2D eigenvalue weighted by atomic mass is 35.5. The number of esters is 1. The lowest BCUT2D eigenvalue weighted by Crippen LogP contribution is -2.37. The lowest BCUT2D eigenvalue weighted by molar-refractivity contribution is -0.274. The molecule has 298 valence electrons. The van der Waals surface area contributed by atoms with Crippen LogP contribution in [0.1, 0.15) is 55.6 Å². The van der Waals surface area contributed by atoms with E-state index in [1.807, 2.05) is 0 Å². The highest BCUT2D eigenvalue weighted by Crippen LogP contribution is 2.31. The number of nitrogens with one attached hydrogen (secondary N) is 1. The summed E-state index contributed by atoms with van der Waals surface area (Å²) in [6.45, 7) is 1.87. The molecule has 18 heteroatoms. The van der Waals surface area contributed by atoms with Crippen LogP contribution in [0.2, 0.25) is 0 Å². The molecular formula is C36H43ClF5N3O8S. The first kappa shape index (κ1) is 44.2. The van der Waals surface area contributed by atoms with Crippen LogP contribution in [0.25, 0.3) is 0 Å². The number of benzene rings is 3. The van der Waals surface area contributed by atoms with Gasteiger partial charge < -0.3 is 34.9 Å². The number of carbonyl (C=O) groups is 2. The van der Waals surface area contributed by atoms with Crippen LogP contribution in [-0.4, -0.2) is 77.0 Å². The summed E-state index contributed by atoms with van der Waals surface area (Å²) in [5, 5.41) is 2.91. The Kier molecular flexibility index (Phi) is 15.9. The smallest absolute Gasteiger partial charge is 0.489 e. The maximum atomic E-state index is 13.5. The number of ether oxygens (including phenoxy) is 4. The number of hydrogen-bond donors (Lipinski definition) is 2. The summed E-state index contributed by atoms with van der Waals surface area (Å²) in [6.07, 6.45) is -4.99. The monoisotopic (exact) mass is 807 g/mol. The highest BCUT2D eigenvalue weighted by molar-refractivity contribution is 7.91. The predicted octanol–water partition coefficient (Wildman–Crippen LogP) is 6.45. The van der Waals surface area contributed by atoms with Crippen LogP contribution in [0.5, 0.6) is 11.5 Å². The van der Waals surface area contributed by atoms with Crippen molar-refractivity contribution in [2.45, 2.75) is 75.7 Å². The lowest BCUT2D eigenvalue weighted by atomic mass is 10.0. The summed E-state index contributed by atoms with van der Waals surface area (Å²) in [6, 6.07) is 15.1. The van der Waals surface area contributed by atoms with Crippen molar-refractivity contribution in [3.63, 3.8) is 0 Å². The second-order valence-corrected chi connectivity index (χ2v) is 14.9. The minimum Gasteiger partial charge on any atom is -0.489 e. The van der Waals surface area contributed by atoms with Crippen LogP contribution in [0.4, 0.5) is 27.6 Å². The molecular weight excluding hydrogens is 765 g/mol. The van der Waals surface area contributed by atoms with Crippen LogP contribution < -0.4 is 25.4 Å². The Morgan fingerprint density at radius 2 is 1.57 bits per heavy atom. The molecule has 1 aliphatic heterocycles. The third-order valence-corrected chi connectivity index (χ3v) is 10.3. The normalized spacial score (nSPS) is 17.1. The Morgan fingerprint density at radius 3 is 2.13 bits per heavy atom. The second kappa shape index (κ2) is 19.4. The number of amides is 1. The van der Waals surface area contributed by atoms with Gasteiger partial charge in [0, 0.05) is 24.1 Å². The maximum Gasteiger partial charge on any atom is 0.573 e. The molecule has 4 rings (SSSR count). The summed E-state index contributed by atoms with van der Waals surface area (Å²) < 4.78 is 108. The molecule has 11 nitrogen and oxygen atoms in total. The molecule has 3 aromatic carbocycles. The van der Waals surface area contributed by atoms with Gasteiger partial charge in [0.15, 0.2) is 9.84 Å². The van der Waals surface area contributed by atoms with Gasteiger partial charge in [0.1, 0.15) is 23.6 Å². The first-order valence-corrected chi connectivity index (χ1v) is 18.5. The molecule has 0 spiro atoms.